The topological polar surface area (TPSA) is 12.5 Å². The summed E-state index contributed by atoms with van der Waals surface area (Å²) >= 11 is 1.66. The zero-order valence-corrected chi connectivity index (χ0v) is 18.5. The van der Waals surface area contributed by atoms with Crippen LogP contribution in [0.2, 0.25) is 0 Å². The van der Waals surface area contributed by atoms with Gasteiger partial charge in [0.2, 0.25) is 0 Å². The predicted molar refractivity (Wildman–Crippen MR) is 114 cm³/mol. The van der Waals surface area contributed by atoms with Gasteiger partial charge in [-0.05, 0) is 60.6 Å². The number of hydrogen-bond acceptors (Lipinski definition) is 3. The summed E-state index contributed by atoms with van der Waals surface area (Å²) in [7, 11) is -9.64. The van der Waals surface area contributed by atoms with Gasteiger partial charge in [-0.2, -0.15) is 0 Å². The van der Waals surface area contributed by atoms with Crippen LogP contribution in [0.15, 0.2) is 58.3 Å². The lowest BCUT2D eigenvalue weighted by Crippen LogP contribution is -2.25. The van der Waals surface area contributed by atoms with Gasteiger partial charge in [0.15, 0.2) is 0 Å². The molecule has 2 aromatic rings. The van der Waals surface area contributed by atoms with E-state index in [0.717, 1.165) is 29.8 Å². The van der Waals surface area contributed by atoms with E-state index in [-0.39, 0.29) is 12.0 Å². The van der Waals surface area contributed by atoms with Crippen molar-refractivity contribution < 1.29 is 24.2 Å². The van der Waals surface area contributed by atoms with Crippen LogP contribution in [-0.4, -0.2) is 37.4 Å². The third kappa shape index (κ3) is 6.28. The van der Waals surface area contributed by atoms with Crippen LogP contribution < -0.4 is 4.74 Å². The summed E-state index contributed by atoms with van der Waals surface area (Å²) in [6, 6.07) is 11.4. The van der Waals surface area contributed by atoms with E-state index in [1.54, 1.807) is 11.8 Å². The third-order valence-corrected chi connectivity index (χ3v) is 7.32. The molecule has 1 aliphatic heterocycles. The molecule has 3 rings (SSSR count). The summed E-state index contributed by atoms with van der Waals surface area (Å²) in [5.41, 5.74) is 0.266. The van der Waals surface area contributed by atoms with E-state index in [1.165, 1.54) is 6.07 Å². The Morgan fingerprint density at radius 1 is 1.03 bits per heavy atom. The Kier molecular flexibility index (Phi) is 6.12. The van der Waals surface area contributed by atoms with E-state index in [0.29, 0.717) is 37.1 Å². The first-order valence-electron chi connectivity index (χ1n) is 9.66. The molecule has 0 amide bonds. The highest BCUT2D eigenvalue weighted by molar-refractivity contribution is 8.45. The molecule has 2 atom stereocenters. The molecule has 0 spiro atoms. The molecule has 0 bridgehead atoms. The van der Waals surface area contributed by atoms with Gasteiger partial charge in [-0.25, -0.2) is 0 Å². The summed E-state index contributed by atoms with van der Waals surface area (Å²) in [5.74, 6) is 1.50. The van der Waals surface area contributed by atoms with Gasteiger partial charge in [-0.1, -0.05) is 38.5 Å². The van der Waals surface area contributed by atoms with E-state index in [1.807, 2.05) is 30.5 Å². The molecular formula is C21H26F5NOS2. The monoisotopic (exact) mass is 467 g/mol. The molecule has 1 heterocycles. The molecule has 30 heavy (non-hydrogen) atoms. The fraction of sp³-hybridized carbons (Fsp3) is 0.429. The number of rotatable bonds is 8. The molecule has 0 N–H and O–H groups in total. The smallest absolute Gasteiger partial charge is 0.310 e. The van der Waals surface area contributed by atoms with Crippen molar-refractivity contribution >= 4 is 22.0 Å². The van der Waals surface area contributed by atoms with Crippen molar-refractivity contribution in [3.8, 4) is 5.75 Å². The minimum atomic E-state index is -9.64. The molecule has 9 heteroatoms. The van der Waals surface area contributed by atoms with Crippen molar-refractivity contribution in [1.82, 2.24) is 4.90 Å². The second kappa shape index (κ2) is 7.91. The first-order valence-corrected chi connectivity index (χ1v) is 12.8. The minimum Gasteiger partial charge on any atom is -0.493 e. The molecule has 2 aromatic carbocycles. The zero-order valence-electron chi connectivity index (χ0n) is 16.9. The van der Waals surface area contributed by atoms with Gasteiger partial charge in [0.05, 0.1) is 6.61 Å². The van der Waals surface area contributed by atoms with Gasteiger partial charge in [-0.15, -0.1) is 11.8 Å². The standard InChI is InChI=1S/C21H26F5NOS2/c1-16-13-27(14-18(16)15-28-19-6-8-20(29-2)9-7-19)11-10-17-4-3-5-21(12-17)30(22,23,24,25)26/h3-9,12,16,18H,10-11,13-15H2,1-2H3/t16-,18+/m1/s1. The van der Waals surface area contributed by atoms with Crippen molar-refractivity contribution in [2.24, 2.45) is 11.8 Å². The highest BCUT2D eigenvalue weighted by Crippen LogP contribution is 3.02. The number of thioether (sulfide) groups is 1. The van der Waals surface area contributed by atoms with Crippen molar-refractivity contribution in [3.63, 3.8) is 0 Å². The number of benzene rings is 2. The van der Waals surface area contributed by atoms with Crippen molar-refractivity contribution in [1.29, 1.82) is 0 Å². The average molecular weight is 468 g/mol. The number of ether oxygens (including phenoxy) is 1. The Balaban J connectivity index is 1.53. The molecule has 1 fully saturated rings. The van der Waals surface area contributed by atoms with E-state index in [4.69, 9.17) is 4.74 Å². The lowest BCUT2D eigenvalue weighted by molar-refractivity contribution is 0.225. The molecular weight excluding hydrogens is 441 g/mol. The molecule has 0 unspecified atom stereocenters. The van der Waals surface area contributed by atoms with Gasteiger partial charge >= 0.3 is 10.2 Å². The predicted octanol–water partition coefficient (Wildman–Crippen LogP) is 7.26. The maximum absolute atomic E-state index is 13.0. The number of nitrogens with zero attached hydrogens (tertiary/aromatic N) is 1. The van der Waals surface area contributed by atoms with Crippen LogP contribution in [0.1, 0.15) is 12.5 Å². The van der Waals surface area contributed by atoms with Crippen LogP contribution in [0.3, 0.4) is 0 Å². The summed E-state index contributed by atoms with van der Waals surface area (Å²) in [6.07, 6.45) is 2.30. The zero-order chi connectivity index (χ0) is 22.1. The summed E-state index contributed by atoms with van der Waals surface area (Å²) in [4.78, 5) is 1.50. The van der Waals surface area contributed by atoms with Crippen LogP contribution >= 0.6 is 22.0 Å². The lowest BCUT2D eigenvalue weighted by atomic mass is 9.99. The van der Waals surface area contributed by atoms with Crippen LogP contribution in [0.5, 0.6) is 5.75 Å². The van der Waals surface area contributed by atoms with Gasteiger partial charge in [0.25, 0.3) is 0 Å². The molecule has 0 saturated carbocycles. The minimum absolute atomic E-state index is 0.266. The largest absolute Gasteiger partial charge is 0.493 e. The second-order valence-corrected chi connectivity index (χ2v) is 11.1. The van der Waals surface area contributed by atoms with E-state index < -0.39 is 15.1 Å². The van der Waals surface area contributed by atoms with Gasteiger partial charge < -0.3 is 9.64 Å². The van der Waals surface area contributed by atoms with Gasteiger partial charge in [0.1, 0.15) is 10.6 Å². The highest BCUT2D eigenvalue weighted by Gasteiger charge is 2.65. The van der Waals surface area contributed by atoms with Crippen molar-refractivity contribution in [2.45, 2.75) is 23.1 Å². The molecule has 1 aliphatic rings. The van der Waals surface area contributed by atoms with Crippen LogP contribution in [0, 0.1) is 11.8 Å². The Morgan fingerprint density at radius 2 is 1.73 bits per heavy atom. The van der Waals surface area contributed by atoms with E-state index in [2.05, 4.69) is 11.8 Å². The van der Waals surface area contributed by atoms with Gasteiger partial charge in [0, 0.05) is 30.4 Å². The summed E-state index contributed by atoms with van der Waals surface area (Å²) in [5, 5.41) is 0. The summed E-state index contributed by atoms with van der Waals surface area (Å²) < 4.78 is 71.0. The number of halogens is 5. The Hall–Kier alpha value is -1.45. The number of likely N-dealkylation sites (tertiary alicyclic amines) is 1. The molecule has 1 saturated heterocycles. The average Bonchev–Trinajstić information content (AvgIpc) is 3.03. The molecule has 168 valence electrons. The van der Waals surface area contributed by atoms with Crippen LogP contribution in [0.25, 0.3) is 0 Å². The molecule has 0 radical (unpaired) electrons. The van der Waals surface area contributed by atoms with E-state index >= 15 is 0 Å². The maximum atomic E-state index is 13.0. The van der Waals surface area contributed by atoms with Gasteiger partial charge in [-0.3, -0.25) is 0 Å². The SMILES string of the molecule is CSc1ccc(OC[C@@H]2CN(CCc3cccc(S(F)(F)(F)(F)F)c3)C[C@H]2C)cc1. The fourth-order valence-corrected chi connectivity index (χ4v) is 4.76. The van der Waals surface area contributed by atoms with Crippen molar-refractivity contribution in [2.75, 3.05) is 32.5 Å². The first kappa shape index (κ1) is 23.2. The molecule has 0 aromatic heterocycles. The number of hydrogen-bond donors (Lipinski definition) is 0. The Bertz CT molecular complexity index is 874. The Labute approximate surface area is 178 Å². The van der Waals surface area contributed by atoms with E-state index in [9.17, 15) is 19.4 Å². The quantitative estimate of drug-likeness (QED) is 0.300. The fourth-order valence-electron chi connectivity index (χ4n) is 3.65. The normalized spacial score (nSPS) is 22.5. The van der Waals surface area contributed by atoms with Crippen LogP contribution in [0.4, 0.5) is 19.4 Å². The Morgan fingerprint density at radius 3 is 2.37 bits per heavy atom. The third-order valence-electron chi connectivity index (χ3n) is 5.43. The maximum Gasteiger partial charge on any atom is 0.310 e. The lowest BCUT2D eigenvalue weighted by Gasteiger charge is -2.40. The van der Waals surface area contributed by atoms with Crippen LogP contribution in [-0.2, 0) is 6.42 Å². The van der Waals surface area contributed by atoms with Crippen molar-refractivity contribution in [3.05, 3.63) is 54.1 Å². The molecule has 0 aliphatic carbocycles. The molecule has 2 nitrogen and oxygen atoms in total. The second-order valence-electron chi connectivity index (χ2n) is 7.85. The first-order chi connectivity index (χ1) is 13.8. The summed E-state index contributed by atoms with van der Waals surface area (Å²) in [6.45, 7) is 4.79. The highest BCUT2D eigenvalue weighted by atomic mass is 32.5.